The van der Waals surface area contributed by atoms with E-state index in [-0.39, 0.29) is 24.3 Å². The fraction of sp³-hybridized carbons (Fsp3) is 0.593. The Labute approximate surface area is 235 Å². The largest absolute Gasteiger partial charge is 0.444 e. The van der Waals surface area contributed by atoms with E-state index in [9.17, 15) is 24.0 Å². The number of fused-ring (bicyclic) bond motifs is 4. The van der Waals surface area contributed by atoms with Crippen molar-refractivity contribution in [1.29, 1.82) is 0 Å². The lowest BCUT2D eigenvalue weighted by Gasteiger charge is -2.55. The lowest BCUT2D eigenvalue weighted by atomic mass is 9.66. The van der Waals surface area contributed by atoms with Gasteiger partial charge in [-0.05, 0) is 52.7 Å². The Hall–Kier alpha value is -3.81. The van der Waals surface area contributed by atoms with Crippen molar-refractivity contribution in [2.45, 2.75) is 77.4 Å². The maximum atomic E-state index is 15.8. The number of carbonyl (C=O) groups excluding carboxylic acids is 5. The number of carbonyl (C=O) groups is 5. The normalized spacial score (nSPS) is 27.1. The highest BCUT2D eigenvalue weighted by Crippen LogP contribution is 2.48. The van der Waals surface area contributed by atoms with Crippen LogP contribution in [-0.2, 0) is 25.5 Å². The molecule has 0 bridgehead atoms. The van der Waals surface area contributed by atoms with Crippen molar-refractivity contribution in [3.63, 3.8) is 0 Å². The first-order chi connectivity index (χ1) is 19.1. The number of likely N-dealkylation sites (tertiary alicyclic amines) is 1. The minimum Gasteiger partial charge on any atom is -0.444 e. The molecule has 1 aromatic carbocycles. The number of barbiturate groups is 1. The average Bonchev–Trinajstić information content (AvgIpc) is 3.31. The number of hydrogen-bond acceptors (Lipinski definition) is 8. The zero-order valence-electron chi connectivity index (χ0n) is 23.4. The molecule has 5 rings (SSSR count). The van der Waals surface area contributed by atoms with Crippen molar-refractivity contribution < 1.29 is 42.2 Å². The summed E-state index contributed by atoms with van der Waals surface area (Å²) in [7, 11) is 0. The zero-order valence-corrected chi connectivity index (χ0v) is 23.4. The van der Waals surface area contributed by atoms with Crippen molar-refractivity contribution in [3.8, 4) is 0 Å². The van der Waals surface area contributed by atoms with Gasteiger partial charge in [0.05, 0.1) is 29.5 Å². The standard InChI is InChI=1S/C27H33F2N5O7/c1-12-10-34-19-14(9-27(20(34)13(2)40-12)22(36)31-24(38)32-23(27)37)8-16(17(28)18(19)29)21(35)30-15-6-7-33(11-15)25(39)41-26(3,4)5/h8,12-13,15,20H,6-7,9-11H2,1-5H3,(H,30,35)(H2,31,32,36,37,38)/t12-,13+,15?,20-/m1/s1. The third kappa shape index (κ3) is 4.87. The van der Waals surface area contributed by atoms with E-state index in [0.29, 0.717) is 13.0 Å². The minimum atomic E-state index is -1.90. The molecule has 4 heterocycles. The van der Waals surface area contributed by atoms with Gasteiger partial charge in [0.2, 0.25) is 11.8 Å². The van der Waals surface area contributed by atoms with Gasteiger partial charge in [0, 0.05) is 32.1 Å². The third-order valence-electron chi connectivity index (χ3n) is 7.89. The van der Waals surface area contributed by atoms with Crippen LogP contribution in [0.4, 0.5) is 24.1 Å². The molecule has 3 fully saturated rings. The molecule has 1 aromatic rings. The predicted molar refractivity (Wildman–Crippen MR) is 139 cm³/mol. The van der Waals surface area contributed by atoms with Crippen LogP contribution in [0.15, 0.2) is 6.07 Å². The number of imide groups is 2. The molecule has 6 amide bonds. The molecule has 1 unspecified atom stereocenters. The van der Waals surface area contributed by atoms with E-state index in [2.05, 4.69) is 16.0 Å². The highest BCUT2D eigenvalue weighted by Gasteiger charge is 2.63. The maximum absolute atomic E-state index is 15.8. The van der Waals surface area contributed by atoms with Crippen LogP contribution in [0.3, 0.4) is 0 Å². The smallest absolute Gasteiger partial charge is 0.410 e. The van der Waals surface area contributed by atoms with Crippen LogP contribution in [0.5, 0.6) is 0 Å². The summed E-state index contributed by atoms with van der Waals surface area (Å²) < 4.78 is 42.6. The second-order valence-corrected chi connectivity index (χ2v) is 12.1. The fourth-order valence-corrected chi connectivity index (χ4v) is 6.34. The SMILES string of the molecule is C[C@@H]1CN2c3c(cc(C(=O)NC4CCN(C(=O)OC(C)(C)C)C4)c(F)c3F)CC3(C(=O)NC(=O)NC3=O)[C@H]2[C@H](C)O1. The fourth-order valence-electron chi connectivity index (χ4n) is 6.34. The zero-order chi connectivity index (χ0) is 30.0. The number of nitrogens with one attached hydrogen (secondary N) is 3. The maximum Gasteiger partial charge on any atom is 0.410 e. The van der Waals surface area contributed by atoms with Gasteiger partial charge in [0.25, 0.3) is 5.91 Å². The molecule has 4 atom stereocenters. The summed E-state index contributed by atoms with van der Waals surface area (Å²) in [4.78, 5) is 66.9. The van der Waals surface area contributed by atoms with Crippen LogP contribution in [0, 0.1) is 17.0 Å². The highest BCUT2D eigenvalue weighted by atomic mass is 19.2. The summed E-state index contributed by atoms with van der Waals surface area (Å²) in [5.41, 5.74) is -3.31. The van der Waals surface area contributed by atoms with Gasteiger partial charge in [-0.2, -0.15) is 0 Å². The van der Waals surface area contributed by atoms with Crippen LogP contribution in [0.25, 0.3) is 0 Å². The summed E-state index contributed by atoms with van der Waals surface area (Å²) in [6.45, 7) is 9.00. The van der Waals surface area contributed by atoms with Crippen molar-refractivity contribution in [2.75, 3.05) is 24.5 Å². The van der Waals surface area contributed by atoms with Crippen LogP contribution in [0.1, 0.15) is 57.0 Å². The number of urea groups is 1. The summed E-state index contributed by atoms with van der Waals surface area (Å²) in [6, 6.07) is -1.43. The molecule has 12 nitrogen and oxygen atoms in total. The van der Waals surface area contributed by atoms with Gasteiger partial charge in [-0.3, -0.25) is 25.0 Å². The van der Waals surface area contributed by atoms with Crippen LogP contribution in [0.2, 0.25) is 0 Å². The van der Waals surface area contributed by atoms with Gasteiger partial charge in [-0.25, -0.2) is 18.4 Å². The number of benzene rings is 1. The van der Waals surface area contributed by atoms with Crippen LogP contribution < -0.4 is 20.9 Å². The Morgan fingerprint density at radius 1 is 1.10 bits per heavy atom. The Bertz CT molecular complexity index is 1330. The van der Waals surface area contributed by atoms with E-state index in [1.54, 1.807) is 34.6 Å². The average molecular weight is 578 g/mol. The number of halogens is 2. The highest BCUT2D eigenvalue weighted by molar-refractivity contribution is 6.20. The van der Waals surface area contributed by atoms with Crippen LogP contribution in [-0.4, -0.2) is 84.3 Å². The molecule has 4 aliphatic heterocycles. The molecular weight excluding hydrogens is 544 g/mol. The van der Waals surface area contributed by atoms with Gasteiger partial charge in [-0.1, -0.05) is 0 Å². The monoisotopic (exact) mass is 577 g/mol. The number of rotatable bonds is 2. The first-order valence-electron chi connectivity index (χ1n) is 13.5. The molecule has 222 valence electrons. The molecule has 0 aliphatic carbocycles. The Morgan fingerprint density at radius 3 is 2.39 bits per heavy atom. The van der Waals surface area contributed by atoms with Crippen molar-refractivity contribution in [2.24, 2.45) is 5.41 Å². The van der Waals surface area contributed by atoms with Gasteiger partial charge in [0.15, 0.2) is 17.0 Å². The Balaban J connectivity index is 1.47. The second kappa shape index (κ2) is 9.93. The van der Waals surface area contributed by atoms with Gasteiger partial charge in [-0.15, -0.1) is 0 Å². The van der Waals surface area contributed by atoms with Crippen molar-refractivity contribution >= 4 is 35.5 Å². The van der Waals surface area contributed by atoms with E-state index < -0.39 is 88.8 Å². The summed E-state index contributed by atoms with van der Waals surface area (Å²) in [5, 5.41) is 6.90. The van der Waals surface area contributed by atoms with E-state index in [1.807, 2.05) is 0 Å². The van der Waals surface area contributed by atoms with Gasteiger partial charge >= 0.3 is 12.1 Å². The quantitative estimate of drug-likeness (QED) is 0.450. The molecule has 41 heavy (non-hydrogen) atoms. The first kappa shape index (κ1) is 28.7. The molecule has 0 radical (unpaired) electrons. The topological polar surface area (TPSA) is 146 Å². The second-order valence-electron chi connectivity index (χ2n) is 12.1. The summed E-state index contributed by atoms with van der Waals surface area (Å²) in [5.74, 6) is -5.35. The summed E-state index contributed by atoms with van der Waals surface area (Å²) in [6.07, 6.45) is -1.79. The molecule has 4 aliphatic rings. The Morgan fingerprint density at radius 2 is 1.76 bits per heavy atom. The Kier molecular flexibility index (Phi) is 6.95. The molecule has 14 heteroatoms. The number of hydrogen-bond donors (Lipinski definition) is 3. The van der Waals surface area contributed by atoms with E-state index in [0.717, 1.165) is 6.07 Å². The number of nitrogens with zero attached hydrogens (tertiary/aromatic N) is 2. The predicted octanol–water partition coefficient (Wildman–Crippen LogP) is 1.59. The third-order valence-corrected chi connectivity index (χ3v) is 7.89. The van der Waals surface area contributed by atoms with Crippen molar-refractivity contribution in [3.05, 3.63) is 28.8 Å². The number of anilines is 1. The van der Waals surface area contributed by atoms with E-state index >= 15 is 8.78 Å². The molecule has 3 N–H and O–H groups in total. The van der Waals surface area contributed by atoms with E-state index in [1.165, 1.54) is 9.80 Å². The van der Waals surface area contributed by atoms with Gasteiger partial charge < -0.3 is 24.6 Å². The number of amides is 6. The van der Waals surface area contributed by atoms with Crippen LogP contribution >= 0.6 is 0 Å². The molecule has 1 spiro atoms. The number of ether oxygens (including phenoxy) is 2. The molecule has 0 aromatic heterocycles. The minimum absolute atomic E-state index is 0.0305. The lowest BCUT2D eigenvalue weighted by molar-refractivity contribution is -0.153. The first-order valence-corrected chi connectivity index (χ1v) is 13.5. The van der Waals surface area contributed by atoms with Gasteiger partial charge in [0.1, 0.15) is 5.60 Å². The van der Waals surface area contributed by atoms with Crippen molar-refractivity contribution in [1.82, 2.24) is 20.9 Å². The number of morpholine rings is 1. The lowest BCUT2D eigenvalue weighted by Crippen LogP contribution is -2.75. The molecule has 3 saturated heterocycles. The van der Waals surface area contributed by atoms with E-state index in [4.69, 9.17) is 9.47 Å². The molecular formula is C27H33F2N5O7. The summed E-state index contributed by atoms with van der Waals surface area (Å²) >= 11 is 0. The molecule has 0 saturated carbocycles.